The molecule has 2 aliphatic rings. The van der Waals surface area contributed by atoms with Crippen molar-refractivity contribution >= 4 is 29.4 Å². The van der Waals surface area contributed by atoms with Crippen LogP contribution in [0, 0.1) is 6.92 Å². The molecule has 1 atom stereocenters. The van der Waals surface area contributed by atoms with Crippen LogP contribution in [0.15, 0.2) is 42.5 Å². The lowest BCUT2D eigenvalue weighted by Gasteiger charge is -2.24. The van der Waals surface area contributed by atoms with E-state index in [1.807, 2.05) is 31.2 Å². The predicted molar refractivity (Wildman–Crippen MR) is 109 cm³/mol. The highest BCUT2D eigenvalue weighted by Gasteiger charge is 2.39. The molecule has 0 fully saturated rings. The molecule has 30 heavy (non-hydrogen) atoms. The Morgan fingerprint density at radius 3 is 2.57 bits per heavy atom. The molecule has 154 valence electrons. The molecule has 4 rings (SSSR count). The Labute approximate surface area is 174 Å². The van der Waals surface area contributed by atoms with Crippen LogP contribution in [0.2, 0.25) is 0 Å². The van der Waals surface area contributed by atoms with Crippen molar-refractivity contribution in [3.8, 4) is 0 Å². The van der Waals surface area contributed by atoms with Gasteiger partial charge in [-0.15, -0.1) is 0 Å². The number of benzene rings is 2. The van der Waals surface area contributed by atoms with Crippen molar-refractivity contribution in [1.82, 2.24) is 4.90 Å². The monoisotopic (exact) mass is 406 g/mol. The van der Waals surface area contributed by atoms with Gasteiger partial charge in [0.2, 0.25) is 5.91 Å². The molecule has 0 saturated heterocycles. The molecule has 2 aliphatic heterocycles. The topological polar surface area (TPSA) is 84.0 Å². The number of carbonyl (C=O) groups is 4. The molecule has 2 heterocycles. The molecular weight excluding hydrogens is 384 g/mol. The van der Waals surface area contributed by atoms with Crippen molar-refractivity contribution in [2.24, 2.45) is 0 Å². The van der Waals surface area contributed by atoms with E-state index in [-0.39, 0.29) is 30.7 Å². The van der Waals surface area contributed by atoms with Crippen LogP contribution < -0.4 is 4.90 Å². The van der Waals surface area contributed by atoms with Crippen molar-refractivity contribution in [1.29, 1.82) is 0 Å². The summed E-state index contributed by atoms with van der Waals surface area (Å²) >= 11 is 0. The third-order valence-electron chi connectivity index (χ3n) is 5.62. The van der Waals surface area contributed by atoms with E-state index in [2.05, 4.69) is 0 Å². The zero-order valence-electron chi connectivity index (χ0n) is 16.9. The lowest BCUT2D eigenvalue weighted by molar-refractivity contribution is -0.143. The average molecular weight is 406 g/mol. The number of anilines is 1. The lowest BCUT2D eigenvalue weighted by atomic mass is 10.1. The van der Waals surface area contributed by atoms with E-state index in [0.717, 1.165) is 11.1 Å². The van der Waals surface area contributed by atoms with Gasteiger partial charge in [0.1, 0.15) is 6.04 Å². The maximum Gasteiger partial charge on any atom is 0.329 e. The van der Waals surface area contributed by atoms with E-state index in [0.29, 0.717) is 29.7 Å². The normalized spacial score (nSPS) is 17.2. The van der Waals surface area contributed by atoms with E-state index in [1.54, 1.807) is 18.2 Å². The quantitative estimate of drug-likeness (QED) is 0.563. The molecule has 2 aromatic rings. The fraction of sp³-hybridized carbons (Fsp3) is 0.304. The van der Waals surface area contributed by atoms with E-state index in [4.69, 9.17) is 4.74 Å². The Morgan fingerprint density at radius 1 is 1.07 bits per heavy atom. The molecule has 7 heteroatoms. The Kier molecular flexibility index (Phi) is 5.11. The fourth-order valence-electron chi connectivity index (χ4n) is 4.14. The second kappa shape index (κ2) is 7.74. The number of aryl methyl sites for hydroxylation is 1. The highest BCUT2D eigenvalue weighted by molar-refractivity contribution is 6.21. The average Bonchev–Trinajstić information content (AvgIpc) is 3.24. The van der Waals surface area contributed by atoms with E-state index >= 15 is 0 Å². The van der Waals surface area contributed by atoms with Gasteiger partial charge in [-0.05, 0) is 37.1 Å². The van der Waals surface area contributed by atoms with Gasteiger partial charge in [-0.1, -0.05) is 29.8 Å². The van der Waals surface area contributed by atoms with E-state index in [9.17, 15) is 19.2 Å². The Morgan fingerprint density at radius 2 is 1.80 bits per heavy atom. The number of esters is 1. The van der Waals surface area contributed by atoms with E-state index in [1.165, 1.54) is 16.9 Å². The van der Waals surface area contributed by atoms with Crippen LogP contribution in [0.4, 0.5) is 5.69 Å². The van der Waals surface area contributed by atoms with Gasteiger partial charge in [-0.3, -0.25) is 24.2 Å². The number of hydrogen-bond acceptors (Lipinski definition) is 5. The molecule has 3 amide bonds. The maximum atomic E-state index is 13.0. The van der Waals surface area contributed by atoms with Crippen LogP contribution >= 0.6 is 0 Å². The minimum absolute atomic E-state index is 0.105. The molecule has 7 nitrogen and oxygen atoms in total. The number of rotatable bonds is 5. The van der Waals surface area contributed by atoms with Gasteiger partial charge in [0, 0.05) is 25.1 Å². The molecule has 0 saturated carbocycles. The second-order valence-corrected chi connectivity index (χ2v) is 7.55. The third-order valence-corrected chi connectivity index (χ3v) is 5.62. The van der Waals surface area contributed by atoms with Gasteiger partial charge in [0.05, 0.1) is 18.2 Å². The number of carbonyl (C=O) groups excluding carboxylic acids is 4. The van der Waals surface area contributed by atoms with Crippen LogP contribution in [-0.4, -0.2) is 48.3 Å². The molecule has 0 aliphatic carbocycles. The summed E-state index contributed by atoms with van der Waals surface area (Å²) in [6.45, 7) is 2.01. The van der Waals surface area contributed by atoms with Crippen molar-refractivity contribution in [2.45, 2.75) is 32.2 Å². The third kappa shape index (κ3) is 3.26. The maximum absolute atomic E-state index is 13.0. The Bertz CT molecular complexity index is 1060. The van der Waals surface area contributed by atoms with Crippen molar-refractivity contribution in [2.75, 3.05) is 18.6 Å². The van der Waals surface area contributed by atoms with Crippen molar-refractivity contribution < 1.29 is 23.9 Å². The summed E-state index contributed by atoms with van der Waals surface area (Å²) in [4.78, 5) is 53.0. The first-order chi connectivity index (χ1) is 14.4. The predicted octanol–water partition coefficient (Wildman–Crippen LogP) is 2.50. The number of fused-ring (bicyclic) bond motifs is 2. The summed E-state index contributed by atoms with van der Waals surface area (Å²) < 4.78 is 4.87. The van der Waals surface area contributed by atoms with Crippen molar-refractivity contribution in [3.63, 3.8) is 0 Å². The summed E-state index contributed by atoms with van der Waals surface area (Å²) in [5, 5.41) is 0. The number of nitrogens with zero attached hydrogens (tertiary/aromatic N) is 2. The first kappa shape index (κ1) is 19.8. The van der Waals surface area contributed by atoms with Gasteiger partial charge < -0.3 is 4.74 Å². The molecule has 1 unspecified atom stereocenters. The van der Waals surface area contributed by atoms with Crippen LogP contribution in [0.1, 0.15) is 44.7 Å². The van der Waals surface area contributed by atoms with Crippen LogP contribution in [0.3, 0.4) is 0 Å². The number of imide groups is 1. The zero-order valence-corrected chi connectivity index (χ0v) is 16.9. The molecule has 0 N–H and O–H groups in total. The largest absolute Gasteiger partial charge is 0.467 e. The molecule has 0 bridgehead atoms. The molecule has 0 spiro atoms. The minimum atomic E-state index is -0.692. The SMILES string of the molecule is COC(=O)C1Cc2ccccc2N1C(=O)CCCN1C(=O)c2ccc(C)cc2C1=O. The van der Waals surface area contributed by atoms with Crippen molar-refractivity contribution in [3.05, 3.63) is 64.7 Å². The molecule has 0 aromatic heterocycles. The summed E-state index contributed by atoms with van der Waals surface area (Å²) in [6, 6.07) is 11.9. The van der Waals surface area contributed by atoms with Crippen LogP contribution in [-0.2, 0) is 20.7 Å². The highest BCUT2D eigenvalue weighted by Crippen LogP contribution is 2.33. The first-order valence-electron chi connectivity index (χ1n) is 9.87. The second-order valence-electron chi connectivity index (χ2n) is 7.55. The summed E-state index contributed by atoms with van der Waals surface area (Å²) in [5.74, 6) is -1.36. The number of methoxy groups -OCH3 is 1. The van der Waals surface area contributed by atoms with Gasteiger partial charge in [0.25, 0.3) is 11.8 Å². The van der Waals surface area contributed by atoms with Crippen LogP contribution in [0.25, 0.3) is 0 Å². The minimum Gasteiger partial charge on any atom is -0.467 e. The van der Waals surface area contributed by atoms with Crippen LogP contribution in [0.5, 0.6) is 0 Å². The van der Waals surface area contributed by atoms with Gasteiger partial charge in [-0.2, -0.15) is 0 Å². The molecule has 0 radical (unpaired) electrons. The zero-order chi connectivity index (χ0) is 21.4. The number of hydrogen-bond donors (Lipinski definition) is 0. The first-order valence-corrected chi connectivity index (χ1v) is 9.87. The van der Waals surface area contributed by atoms with Gasteiger partial charge >= 0.3 is 5.97 Å². The standard InChI is InChI=1S/C23H22N2O5/c1-14-9-10-16-17(12-14)22(28)24(21(16)27)11-5-8-20(26)25-18-7-4-3-6-15(18)13-19(25)23(29)30-2/h3-4,6-7,9-10,12,19H,5,8,11,13H2,1-2H3. The summed E-state index contributed by atoms with van der Waals surface area (Å²) in [7, 11) is 1.30. The smallest absolute Gasteiger partial charge is 0.329 e. The fourth-order valence-corrected chi connectivity index (χ4v) is 4.14. The summed E-state index contributed by atoms with van der Waals surface area (Å²) in [6.07, 6.45) is 0.830. The Hall–Kier alpha value is -3.48. The number of ether oxygens (including phenoxy) is 1. The van der Waals surface area contributed by atoms with E-state index < -0.39 is 12.0 Å². The summed E-state index contributed by atoms with van der Waals surface area (Å²) in [5.41, 5.74) is 3.33. The highest BCUT2D eigenvalue weighted by atomic mass is 16.5. The molecular formula is C23H22N2O5. The number of para-hydroxylation sites is 1. The lowest BCUT2D eigenvalue weighted by Crippen LogP contribution is -2.43. The van der Waals surface area contributed by atoms with Gasteiger partial charge in [-0.25, -0.2) is 4.79 Å². The Balaban J connectivity index is 1.44. The van der Waals surface area contributed by atoms with Gasteiger partial charge in [0.15, 0.2) is 0 Å². The number of amides is 3. The molecule has 2 aromatic carbocycles.